The van der Waals surface area contributed by atoms with Gasteiger partial charge in [-0.3, -0.25) is 4.79 Å². The van der Waals surface area contributed by atoms with Crippen molar-refractivity contribution in [3.05, 3.63) is 17.8 Å². The van der Waals surface area contributed by atoms with Gasteiger partial charge in [0.05, 0.1) is 18.7 Å². The van der Waals surface area contributed by atoms with Crippen LogP contribution in [0.1, 0.15) is 32.4 Å². The highest BCUT2D eigenvalue weighted by molar-refractivity contribution is 5.70. The largest absolute Gasteiger partial charge is 0.481 e. The van der Waals surface area contributed by atoms with Crippen molar-refractivity contribution < 1.29 is 14.3 Å². The van der Waals surface area contributed by atoms with Crippen LogP contribution in [0.5, 0.6) is 0 Å². The summed E-state index contributed by atoms with van der Waals surface area (Å²) in [5.41, 5.74) is 0. The predicted molar refractivity (Wildman–Crippen MR) is 59.0 cm³/mol. The fraction of sp³-hybridized carbons (Fsp3) is 0.636. The number of oxazole rings is 1. The summed E-state index contributed by atoms with van der Waals surface area (Å²) in [5.74, 6) is 0.208. The average molecular weight is 226 g/mol. The van der Waals surface area contributed by atoms with Gasteiger partial charge in [-0.2, -0.15) is 0 Å². The number of carboxylic acids is 1. The Kier molecular flexibility index (Phi) is 4.49. The van der Waals surface area contributed by atoms with Crippen LogP contribution < -0.4 is 5.32 Å². The summed E-state index contributed by atoms with van der Waals surface area (Å²) in [7, 11) is 0. The van der Waals surface area contributed by atoms with Gasteiger partial charge in [0.15, 0.2) is 0 Å². The van der Waals surface area contributed by atoms with Gasteiger partial charge >= 0.3 is 5.97 Å². The number of carbonyl (C=O) groups is 1. The first kappa shape index (κ1) is 12.7. The third-order valence-corrected chi connectivity index (χ3v) is 2.66. The van der Waals surface area contributed by atoms with E-state index in [9.17, 15) is 4.79 Å². The van der Waals surface area contributed by atoms with E-state index in [1.807, 2.05) is 13.8 Å². The van der Waals surface area contributed by atoms with Crippen molar-refractivity contribution in [3.63, 3.8) is 0 Å². The second-order valence-electron chi connectivity index (χ2n) is 3.87. The van der Waals surface area contributed by atoms with Crippen LogP contribution in [0.4, 0.5) is 0 Å². The van der Waals surface area contributed by atoms with Gasteiger partial charge in [0.1, 0.15) is 5.76 Å². The van der Waals surface area contributed by atoms with Gasteiger partial charge in [0.2, 0.25) is 5.89 Å². The lowest BCUT2D eigenvalue weighted by molar-refractivity contribution is -0.141. The standard InChI is InChI=1S/C11H18N2O3/c1-4-9-5-13-10(16-9)6-12-8(3)7(2)11(14)15/h5,7-8,12H,4,6H2,1-3H3,(H,14,15). The second kappa shape index (κ2) is 5.65. The summed E-state index contributed by atoms with van der Waals surface area (Å²) < 4.78 is 5.40. The monoisotopic (exact) mass is 226 g/mol. The zero-order chi connectivity index (χ0) is 12.1. The van der Waals surface area contributed by atoms with Crippen LogP contribution in [0.25, 0.3) is 0 Å². The van der Waals surface area contributed by atoms with Gasteiger partial charge in [-0.1, -0.05) is 13.8 Å². The Morgan fingerprint density at radius 3 is 2.81 bits per heavy atom. The van der Waals surface area contributed by atoms with Crippen molar-refractivity contribution in [3.8, 4) is 0 Å². The minimum atomic E-state index is -0.804. The predicted octanol–water partition coefficient (Wildman–Crippen LogP) is 1.44. The molecule has 0 aliphatic heterocycles. The lowest BCUT2D eigenvalue weighted by Gasteiger charge is -2.16. The molecule has 1 aromatic heterocycles. The number of hydrogen-bond acceptors (Lipinski definition) is 4. The number of aliphatic carboxylic acids is 1. The molecule has 5 nitrogen and oxygen atoms in total. The van der Waals surface area contributed by atoms with Gasteiger partial charge in [0, 0.05) is 12.5 Å². The molecule has 0 fully saturated rings. The second-order valence-corrected chi connectivity index (χ2v) is 3.87. The molecule has 0 amide bonds. The number of aromatic nitrogens is 1. The number of nitrogens with zero attached hydrogens (tertiary/aromatic N) is 1. The lowest BCUT2D eigenvalue weighted by Crippen LogP contribution is -2.35. The normalized spacial score (nSPS) is 14.7. The Hall–Kier alpha value is -1.36. The molecule has 90 valence electrons. The zero-order valence-corrected chi connectivity index (χ0v) is 9.86. The molecular formula is C11H18N2O3. The third kappa shape index (κ3) is 3.34. The molecule has 0 aliphatic rings. The summed E-state index contributed by atoms with van der Waals surface area (Å²) in [5, 5.41) is 11.9. The van der Waals surface area contributed by atoms with E-state index < -0.39 is 11.9 Å². The Balaban J connectivity index is 2.42. The minimum Gasteiger partial charge on any atom is -0.481 e. The zero-order valence-electron chi connectivity index (χ0n) is 9.86. The Morgan fingerprint density at radius 2 is 2.31 bits per heavy atom. The highest BCUT2D eigenvalue weighted by Crippen LogP contribution is 2.06. The number of carboxylic acid groups (broad SMARTS) is 1. The molecular weight excluding hydrogens is 208 g/mol. The van der Waals surface area contributed by atoms with E-state index in [0.29, 0.717) is 12.4 Å². The Bertz CT molecular complexity index is 349. The SMILES string of the molecule is CCc1cnc(CNC(C)C(C)C(=O)O)o1. The average Bonchev–Trinajstić information content (AvgIpc) is 2.72. The van der Waals surface area contributed by atoms with E-state index in [1.165, 1.54) is 0 Å². The summed E-state index contributed by atoms with van der Waals surface area (Å²) in [6.07, 6.45) is 2.51. The van der Waals surface area contributed by atoms with Crippen molar-refractivity contribution in [2.45, 2.75) is 39.8 Å². The van der Waals surface area contributed by atoms with Gasteiger partial charge < -0.3 is 14.8 Å². The first-order valence-corrected chi connectivity index (χ1v) is 5.44. The van der Waals surface area contributed by atoms with Crippen molar-refractivity contribution in [2.24, 2.45) is 5.92 Å². The Labute approximate surface area is 94.9 Å². The highest BCUT2D eigenvalue weighted by atomic mass is 16.4. The topological polar surface area (TPSA) is 75.4 Å². The number of aryl methyl sites for hydroxylation is 1. The summed E-state index contributed by atoms with van der Waals surface area (Å²) in [4.78, 5) is 14.8. The summed E-state index contributed by atoms with van der Waals surface area (Å²) in [6.45, 7) is 5.96. The molecule has 0 saturated heterocycles. The molecule has 0 spiro atoms. The fourth-order valence-corrected chi connectivity index (χ4v) is 1.23. The maximum Gasteiger partial charge on any atom is 0.307 e. The van der Waals surface area contributed by atoms with Crippen LogP contribution in [0.2, 0.25) is 0 Å². The molecule has 0 saturated carbocycles. The maximum atomic E-state index is 10.7. The molecule has 2 unspecified atom stereocenters. The molecule has 0 aliphatic carbocycles. The molecule has 1 heterocycles. The highest BCUT2D eigenvalue weighted by Gasteiger charge is 2.19. The molecule has 0 radical (unpaired) electrons. The van der Waals surface area contributed by atoms with E-state index in [1.54, 1.807) is 13.1 Å². The van der Waals surface area contributed by atoms with Crippen molar-refractivity contribution in [1.82, 2.24) is 10.3 Å². The van der Waals surface area contributed by atoms with E-state index in [4.69, 9.17) is 9.52 Å². The quantitative estimate of drug-likeness (QED) is 0.767. The van der Waals surface area contributed by atoms with Gasteiger partial charge in [-0.25, -0.2) is 4.98 Å². The Morgan fingerprint density at radius 1 is 1.62 bits per heavy atom. The molecule has 1 aromatic rings. The number of nitrogens with one attached hydrogen (secondary N) is 1. The van der Waals surface area contributed by atoms with E-state index >= 15 is 0 Å². The van der Waals surface area contributed by atoms with E-state index in [2.05, 4.69) is 10.3 Å². The van der Waals surface area contributed by atoms with Crippen LogP contribution in [0.15, 0.2) is 10.6 Å². The maximum absolute atomic E-state index is 10.7. The first-order valence-electron chi connectivity index (χ1n) is 5.44. The number of rotatable bonds is 6. The van der Waals surface area contributed by atoms with E-state index in [0.717, 1.165) is 12.2 Å². The molecule has 0 aromatic carbocycles. The van der Waals surface area contributed by atoms with Crippen LogP contribution in [0.3, 0.4) is 0 Å². The van der Waals surface area contributed by atoms with Gasteiger partial charge in [0.25, 0.3) is 0 Å². The fourth-order valence-electron chi connectivity index (χ4n) is 1.23. The molecule has 16 heavy (non-hydrogen) atoms. The molecule has 1 rings (SSSR count). The van der Waals surface area contributed by atoms with Crippen LogP contribution in [-0.2, 0) is 17.8 Å². The van der Waals surface area contributed by atoms with Gasteiger partial charge in [-0.05, 0) is 6.92 Å². The molecule has 2 N–H and O–H groups in total. The molecule has 5 heteroatoms. The van der Waals surface area contributed by atoms with Gasteiger partial charge in [-0.15, -0.1) is 0 Å². The van der Waals surface area contributed by atoms with Crippen LogP contribution in [-0.4, -0.2) is 22.1 Å². The van der Waals surface area contributed by atoms with Crippen molar-refractivity contribution in [1.29, 1.82) is 0 Å². The molecule has 2 atom stereocenters. The third-order valence-electron chi connectivity index (χ3n) is 2.66. The van der Waals surface area contributed by atoms with E-state index in [-0.39, 0.29) is 6.04 Å². The van der Waals surface area contributed by atoms with Crippen LogP contribution in [0, 0.1) is 5.92 Å². The molecule has 0 bridgehead atoms. The summed E-state index contributed by atoms with van der Waals surface area (Å²) in [6, 6.07) is -0.116. The first-order chi connectivity index (χ1) is 7.54. The number of hydrogen-bond donors (Lipinski definition) is 2. The van der Waals surface area contributed by atoms with Crippen molar-refractivity contribution in [2.75, 3.05) is 0 Å². The minimum absolute atomic E-state index is 0.116. The summed E-state index contributed by atoms with van der Waals surface area (Å²) >= 11 is 0. The lowest BCUT2D eigenvalue weighted by atomic mass is 10.0. The van der Waals surface area contributed by atoms with Crippen LogP contribution >= 0.6 is 0 Å². The smallest absolute Gasteiger partial charge is 0.307 e. The van der Waals surface area contributed by atoms with Crippen molar-refractivity contribution >= 4 is 5.97 Å².